The highest BCUT2D eigenvalue weighted by atomic mass is 16.4. The number of aliphatic carboxylic acids is 1. The number of aromatic amines is 1. The van der Waals surface area contributed by atoms with Crippen LogP contribution in [0.15, 0.2) is 36.5 Å². The van der Waals surface area contributed by atoms with Gasteiger partial charge >= 0.3 is 5.97 Å². The molecule has 1 aromatic carbocycles. The largest absolute Gasteiger partial charge is 0.481 e. The van der Waals surface area contributed by atoms with Crippen LogP contribution in [-0.4, -0.2) is 21.0 Å². The number of carboxylic acids is 1. The van der Waals surface area contributed by atoms with Crippen molar-refractivity contribution < 1.29 is 9.90 Å². The van der Waals surface area contributed by atoms with Crippen LogP contribution in [0.4, 0.5) is 0 Å². The summed E-state index contributed by atoms with van der Waals surface area (Å²) in [5, 5.41) is 8.55. The van der Waals surface area contributed by atoms with Crippen LogP contribution in [-0.2, 0) is 11.2 Å². The van der Waals surface area contributed by atoms with Gasteiger partial charge in [-0.1, -0.05) is 49.6 Å². The fourth-order valence-corrected chi connectivity index (χ4v) is 2.35. The van der Waals surface area contributed by atoms with Crippen LogP contribution in [0.1, 0.15) is 44.2 Å². The lowest BCUT2D eigenvalue weighted by Crippen LogP contribution is -1.93. The molecule has 2 aromatic rings. The van der Waals surface area contributed by atoms with Crippen molar-refractivity contribution in [3.63, 3.8) is 0 Å². The summed E-state index contributed by atoms with van der Waals surface area (Å²) in [4.78, 5) is 18.2. The number of hydrogen-bond acceptors (Lipinski definition) is 2. The summed E-state index contributed by atoms with van der Waals surface area (Å²) in [6, 6.07) is 10.1. The number of benzene rings is 1. The first kappa shape index (κ1) is 15.3. The molecule has 0 unspecified atom stereocenters. The number of nitrogens with zero attached hydrogens (tertiary/aromatic N) is 1. The maximum atomic E-state index is 10.4. The highest BCUT2D eigenvalue weighted by Gasteiger charge is 2.03. The van der Waals surface area contributed by atoms with Crippen molar-refractivity contribution in [2.24, 2.45) is 0 Å². The minimum atomic E-state index is -0.694. The summed E-state index contributed by atoms with van der Waals surface area (Å²) < 4.78 is 0. The Balaban J connectivity index is 1.66. The minimum Gasteiger partial charge on any atom is -0.481 e. The van der Waals surface area contributed by atoms with Crippen molar-refractivity contribution in [3.8, 4) is 11.4 Å². The molecule has 0 bridgehead atoms. The van der Waals surface area contributed by atoms with Crippen molar-refractivity contribution in [2.45, 2.75) is 44.9 Å². The van der Waals surface area contributed by atoms with Gasteiger partial charge in [0, 0.05) is 23.9 Å². The normalized spacial score (nSPS) is 10.7. The molecule has 21 heavy (non-hydrogen) atoms. The topological polar surface area (TPSA) is 66.0 Å². The molecule has 0 aliphatic carbocycles. The number of imidazole rings is 1. The predicted octanol–water partition coefficient (Wildman–Crippen LogP) is 4.04. The summed E-state index contributed by atoms with van der Waals surface area (Å²) in [6.07, 6.45) is 8.35. The zero-order valence-corrected chi connectivity index (χ0v) is 12.2. The van der Waals surface area contributed by atoms with Crippen molar-refractivity contribution in [3.05, 3.63) is 42.2 Å². The Morgan fingerprint density at radius 3 is 2.52 bits per heavy atom. The first-order valence-corrected chi connectivity index (χ1v) is 7.57. The fourth-order valence-electron chi connectivity index (χ4n) is 2.35. The predicted molar refractivity (Wildman–Crippen MR) is 83.1 cm³/mol. The molecule has 4 heteroatoms. The van der Waals surface area contributed by atoms with Crippen molar-refractivity contribution in [2.75, 3.05) is 0 Å². The highest BCUT2D eigenvalue weighted by Crippen LogP contribution is 2.16. The third kappa shape index (κ3) is 5.42. The Morgan fingerprint density at radius 1 is 1.05 bits per heavy atom. The quantitative estimate of drug-likeness (QED) is 0.683. The van der Waals surface area contributed by atoms with Crippen LogP contribution >= 0.6 is 0 Å². The smallest absolute Gasteiger partial charge is 0.303 e. The molecule has 2 rings (SSSR count). The molecular formula is C17H22N2O2. The summed E-state index contributed by atoms with van der Waals surface area (Å²) in [5.74, 6) is 0.230. The summed E-state index contributed by atoms with van der Waals surface area (Å²) in [5.41, 5.74) is 2.27. The number of aryl methyl sites for hydroxylation is 1. The Hall–Kier alpha value is -2.10. The van der Waals surface area contributed by atoms with Gasteiger partial charge in [-0.05, 0) is 19.3 Å². The molecule has 0 saturated carbocycles. The van der Waals surface area contributed by atoms with Gasteiger partial charge in [-0.25, -0.2) is 4.98 Å². The van der Waals surface area contributed by atoms with Crippen LogP contribution in [0.25, 0.3) is 11.4 Å². The molecule has 4 nitrogen and oxygen atoms in total. The Kier molecular flexibility index (Phi) is 6.00. The molecule has 0 aliphatic rings. The third-order valence-electron chi connectivity index (χ3n) is 3.51. The molecule has 1 heterocycles. The maximum Gasteiger partial charge on any atom is 0.303 e. The molecule has 0 fully saturated rings. The number of H-pyrrole nitrogens is 1. The second-order valence-electron chi connectivity index (χ2n) is 5.28. The average Bonchev–Trinajstić information content (AvgIpc) is 2.96. The molecule has 0 amide bonds. The highest BCUT2D eigenvalue weighted by molar-refractivity contribution is 5.66. The van der Waals surface area contributed by atoms with Crippen LogP contribution in [0, 0.1) is 0 Å². The van der Waals surface area contributed by atoms with Crippen molar-refractivity contribution in [1.82, 2.24) is 9.97 Å². The van der Waals surface area contributed by atoms with Crippen LogP contribution < -0.4 is 0 Å². The Bertz CT molecular complexity index is 549. The lowest BCUT2D eigenvalue weighted by atomic mass is 10.1. The second-order valence-corrected chi connectivity index (χ2v) is 5.28. The second kappa shape index (κ2) is 8.25. The van der Waals surface area contributed by atoms with Gasteiger partial charge in [0.05, 0.1) is 0 Å². The number of rotatable bonds is 9. The van der Waals surface area contributed by atoms with E-state index in [0.717, 1.165) is 49.9 Å². The van der Waals surface area contributed by atoms with Gasteiger partial charge in [-0.3, -0.25) is 4.79 Å². The summed E-state index contributed by atoms with van der Waals surface area (Å²) in [7, 11) is 0. The van der Waals surface area contributed by atoms with Crippen LogP contribution in [0.5, 0.6) is 0 Å². The molecule has 0 saturated heterocycles. The summed E-state index contributed by atoms with van der Waals surface area (Å²) in [6.45, 7) is 0. The van der Waals surface area contributed by atoms with Gasteiger partial charge in [0.15, 0.2) is 0 Å². The number of hydrogen-bond donors (Lipinski definition) is 2. The van der Waals surface area contributed by atoms with Gasteiger partial charge in [0.1, 0.15) is 5.82 Å². The molecule has 0 aliphatic heterocycles. The molecule has 0 spiro atoms. The van der Waals surface area contributed by atoms with Crippen LogP contribution in [0.3, 0.4) is 0 Å². The molecular weight excluding hydrogens is 264 g/mol. The Labute approximate surface area is 125 Å². The van der Waals surface area contributed by atoms with E-state index < -0.39 is 5.97 Å². The zero-order valence-electron chi connectivity index (χ0n) is 12.2. The van der Waals surface area contributed by atoms with Gasteiger partial charge in [-0.2, -0.15) is 0 Å². The van der Waals surface area contributed by atoms with Gasteiger partial charge in [-0.15, -0.1) is 0 Å². The number of nitrogens with one attached hydrogen (secondary N) is 1. The summed E-state index contributed by atoms with van der Waals surface area (Å²) >= 11 is 0. The first-order valence-electron chi connectivity index (χ1n) is 7.57. The maximum absolute atomic E-state index is 10.4. The van der Waals surface area contributed by atoms with Gasteiger partial charge in [0.25, 0.3) is 0 Å². The van der Waals surface area contributed by atoms with Crippen LogP contribution in [0.2, 0.25) is 0 Å². The van der Waals surface area contributed by atoms with Crippen molar-refractivity contribution in [1.29, 1.82) is 0 Å². The lowest BCUT2D eigenvalue weighted by Gasteiger charge is -2.00. The molecule has 0 atom stereocenters. The first-order chi connectivity index (χ1) is 10.3. The Morgan fingerprint density at radius 2 is 1.76 bits per heavy atom. The standard InChI is InChI=1S/C17H22N2O2/c20-16(21)12-8-3-1-2-7-11-15-13-18-17(19-15)14-9-5-4-6-10-14/h4-6,9-10,13H,1-3,7-8,11-12H2,(H,18,19)(H,20,21). The van der Waals surface area contributed by atoms with E-state index in [0.29, 0.717) is 6.42 Å². The zero-order chi connectivity index (χ0) is 14.9. The van der Waals surface area contributed by atoms with Gasteiger partial charge < -0.3 is 10.1 Å². The fraction of sp³-hybridized carbons (Fsp3) is 0.412. The van der Waals surface area contributed by atoms with E-state index in [1.54, 1.807) is 0 Å². The number of aromatic nitrogens is 2. The SMILES string of the molecule is O=C(O)CCCCCCCc1cnc(-c2ccccc2)[nH]1. The number of unbranched alkanes of at least 4 members (excludes halogenated alkanes) is 4. The van der Waals surface area contributed by atoms with Crippen molar-refractivity contribution >= 4 is 5.97 Å². The molecule has 1 aromatic heterocycles. The van der Waals surface area contributed by atoms with E-state index >= 15 is 0 Å². The lowest BCUT2D eigenvalue weighted by molar-refractivity contribution is -0.137. The number of carbonyl (C=O) groups is 1. The number of carboxylic acid groups (broad SMARTS) is 1. The van der Waals surface area contributed by atoms with Gasteiger partial charge in [0.2, 0.25) is 0 Å². The monoisotopic (exact) mass is 286 g/mol. The molecule has 2 N–H and O–H groups in total. The van der Waals surface area contributed by atoms with E-state index in [1.807, 2.05) is 36.5 Å². The van der Waals surface area contributed by atoms with E-state index in [2.05, 4.69) is 9.97 Å². The van der Waals surface area contributed by atoms with E-state index in [1.165, 1.54) is 5.69 Å². The average molecular weight is 286 g/mol. The molecule has 0 radical (unpaired) electrons. The minimum absolute atomic E-state index is 0.293. The van der Waals surface area contributed by atoms with E-state index in [-0.39, 0.29) is 0 Å². The van der Waals surface area contributed by atoms with E-state index in [4.69, 9.17) is 5.11 Å². The van der Waals surface area contributed by atoms with E-state index in [9.17, 15) is 4.79 Å². The third-order valence-corrected chi connectivity index (χ3v) is 3.51. The molecule has 112 valence electrons.